The molecule has 37 heavy (non-hydrogen) atoms. The summed E-state index contributed by atoms with van der Waals surface area (Å²) in [5.41, 5.74) is 0.156. The number of benzene rings is 3. The topological polar surface area (TPSA) is 162 Å². The van der Waals surface area contributed by atoms with Gasteiger partial charge < -0.3 is 10.1 Å². The molecule has 0 bridgehead atoms. The third kappa shape index (κ3) is 6.01. The van der Waals surface area contributed by atoms with Gasteiger partial charge in [-0.05, 0) is 68.3 Å². The summed E-state index contributed by atoms with van der Waals surface area (Å²) in [6.07, 6.45) is 0. The van der Waals surface area contributed by atoms with Crippen molar-refractivity contribution in [2.45, 2.75) is 25.7 Å². The van der Waals surface area contributed by atoms with Gasteiger partial charge in [0, 0.05) is 11.8 Å². The Morgan fingerprint density at radius 3 is 2.27 bits per heavy atom. The molecule has 12 nitrogen and oxygen atoms in total. The Kier molecular flexibility index (Phi) is 8.07. The van der Waals surface area contributed by atoms with E-state index in [9.17, 15) is 33.4 Å². The highest BCUT2D eigenvalue weighted by Gasteiger charge is 2.35. The largest absolute Gasteiger partial charge is 0.494 e. The van der Waals surface area contributed by atoms with Crippen molar-refractivity contribution in [3.05, 3.63) is 92.0 Å². The zero-order valence-electron chi connectivity index (χ0n) is 20.2. The Morgan fingerprint density at radius 1 is 1.00 bits per heavy atom. The molecule has 1 amide bonds. The molecule has 3 rings (SSSR count). The van der Waals surface area contributed by atoms with Gasteiger partial charge in [0.05, 0.1) is 28.2 Å². The molecule has 0 fully saturated rings. The van der Waals surface area contributed by atoms with Crippen molar-refractivity contribution in [1.29, 1.82) is 0 Å². The van der Waals surface area contributed by atoms with Crippen molar-refractivity contribution < 1.29 is 27.8 Å². The molecule has 0 aliphatic rings. The van der Waals surface area contributed by atoms with Crippen molar-refractivity contribution in [3.63, 3.8) is 0 Å². The molecule has 0 spiro atoms. The highest BCUT2D eigenvalue weighted by atomic mass is 32.2. The number of nitro benzene ring substituents is 2. The Morgan fingerprint density at radius 2 is 1.68 bits per heavy atom. The maximum atomic E-state index is 13.8. The van der Waals surface area contributed by atoms with E-state index in [2.05, 4.69) is 5.32 Å². The number of amides is 1. The molecule has 1 N–H and O–H groups in total. The normalized spacial score (nSPS) is 11.0. The first-order valence-electron chi connectivity index (χ1n) is 11.0. The summed E-state index contributed by atoms with van der Waals surface area (Å²) < 4.78 is 33.6. The third-order valence-electron chi connectivity index (χ3n) is 5.50. The molecule has 0 aliphatic carbocycles. The molecule has 0 heterocycles. The molecular formula is C24H24N4O8S. The molecule has 3 aromatic carbocycles. The first kappa shape index (κ1) is 27.1. The van der Waals surface area contributed by atoms with Crippen LogP contribution in [0, 0.1) is 34.1 Å². The molecule has 0 radical (unpaired) electrons. The number of nitro groups is 2. The number of nitrogens with zero attached hydrogens (tertiary/aromatic N) is 3. The van der Waals surface area contributed by atoms with Gasteiger partial charge in [0.25, 0.3) is 21.4 Å². The third-order valence-corrected chi connectivity index (χ3v) is 7.31. The monoisotopic (exact) mass is 528 g/mol. The lowest BCUT2D eigenvalue weighted by atomic mass is 10.1. The Balaban J connectivity index is 2.06. The maximum Gasteiger partial charge on any atom is 0.296 e. The van der Waals surface area contributed by atoms with Crippen LogP contribution in [0.1, 0.15) is 18.1 Å². The first-order valence-corrected chi connectivity index (χ1v) is 12.4. The fourth-order valence-corrected chi connectivity index (χ4v) is 5.16. The fourth-order valence-electron chi connectivity index (χ4n) is 3.54. The zero-order chi connectivity index (χ0) is 27.3. The molecular weight excluding hydrogens is 504 g/mol. The molecule has 194 valence electrons. The van der Waals surface area contributed by atoms with Gasteiger partial charge in [0.15, 0.2) is 4.90 Å². The maximum absolute atomic E-state index is 13.8. The Bertz CT molecular complexity index is 1460. The van der Waals surface area contributed by atoms with Gasteiger partial charge in [0.1, 0.15) is 12.3 Å². The smallest absolute Gasteiger partial charge is 0.296 e. The second-order valence-electron chi connectivity index (χ2n) is 7.90. The van der Waals surface area contributed by atoms with Gasteiger partial charge in [-0.2, -0.15) is 0 Å². The van der Waals surface area contributed by atoms with Crippen molar-refractivity contribution in [3.8, 4) is 5.75 Å². The second-order valence-corrected chi connectivity index (χ2v) is 9.73. The summed E-state index contributed by atoms with van der Waals surface area (Å²) in [7, 11) is -4.72. The van der Waals surface area contributed by atoms with Crippen LogP contribution in [0.2, 0.25) is 0 Å². The highest BCUT2D eigenvalue weighted by molar-refractivity contribution is 7.93. The average molecular weight is 529 g/mol. The van der Waals surface area contributed by atoms with E-state index in [4.69, 9.17) is 4.74 Å². The quantitative estimate of drug-likeness (QED) is 0.300. The van der Waals surface area contributed by atoms with E-state index in [1.165, 1.54) is 6.07 Å². The van der Waals surface area contributed by atoms with Crippen LogP contribution in [0.5, 0.6) is 5.75 Å². The lowest BCUT2D eigenvalue weighted by molar-refractivity contribution is -0.396. The number of rotatable bonds is 10. The summed E-state index contributed by atoms with van der Waals surface area (Å²) in [6, 6.07) is 13.5. The number of hydrogen-bond donors (Lipinski definition) is 1. The molecule has 0 aliphatic heterocycles. The first-order chi connectivity index (χ1) is 17.4. The van der Waals surface area contributed by atoms with Crippen LogP contribution in [0.25, 0.3) is 0 Å². The number of hydrogen-bond acceptors (Lipinski definition) is 8. The zero-order valence-corrected chi connectivity index (χ0v) is 21.0. The van der Waals surface area contributed by atoms with Crippen molar-refractivity contribution in [2.75, 3.05) is 22.8 Å². The summed E-state index contributed by atoms with van der Waals surface area (Å²) in [4.78, 5) is 33.1. The number of aryl methyl sites for hydroxylation is 1. The van der Waals surface area contributed by atoms with E-state index < -0.39 is 48.6 Å². The number of carbonyl (C=O) groups excluding carboxylic acids is 1. The molecule has 3 aromatic rings. The lowest BCUT2D eigenvalue weighted by Gasteiger charge is -2.26. The summed E-state index contributed by atoms with van der Waals surface area (Å²) >= 11 is 0. The van der Waals surface area contributed by atoms with Crippen LogP contribution >= 0.6 is 0 Å². The van der Waals surface area contributed by atoms with Gasteiger partial charge in [-0.1, -0.05) is 12.1 Å². The molecule has 0 saturated heterocycles. The number of sulfonamides is 1. The summed E-state index contributed by atoms with van der Waals surface area (Å²) in [5.74, 6) is -0.122. The summed E-state index contributed by atoms with van der Waals surface area (Å²) in [6.45, 7) is 4.98. The van der Waals surface area contributed by atoms with Crippen LogP contribution in [-0.4, -0.2) is 37.3 Å². The van der Waals surface area contributed by atoms with Crippen LogP contribution in [0.15, 0.2) is 65.6 Å². The standard InChI is InChI=1S/C24H24N4O8S/c1-4-36-20-11-8-18(9-12-20)25-24(29)15-26(21-7-5-6-16(2)17(21)3)37(34,35)23-13-10-19(27(30)31)14-22(23)28(32)33/h5-14H,4,15H2,1-3H3,(H,25,29). The van der Waals surface area contributed by atoms with Gasteiger partial charge in [0.2, 0.25) is 5.91 Å². The van der Waals surface area contributed by atoms with Crippen LogP contribution in [0.3, 0.4) is 0 Å². The number of anilines is 2. The van der Waals surface area contributed by atoms with Crippen molar-refractivity contribution >= 4 is 38.7 Å². The Labute approximate surface area is 212 Å². The van der Waals surface area contributed by atoms with E-state index in [1.54, 1.807) is 50.2 Å². The van der Waals surface area contributed by atoms with Gasteiger partial charge in [-0.25, -0.2) is 8.42 Å². The van der Waals surface area contributed by atoms with Crippen LogP contribution in [0.4, 0.5) is 22.7 Å². The van der Waals surface area contributed by atoms with Crippen LogP contribution < -0.4 is 14.4 Å². The van der Waals surface area contributed by atoms with E-state index in [-0.39, 0.29) is 5.69 Å². The number of non-ortho nitro benzene ring substituents is 1. The predicted octanol–water partition coefficient (Wildman–Crippen LogP) is 4.35. The van der Waals surface area contributed by atoms with Crippen molar-refractivity contribution in [2.24, 2.45) is 0 Å². The van der Waals surface area contributed by atoms with Crippen LogP contribution in [-0.2, 0) is 14.8 Å². The minimum absolute atomic E-state index is 0.134. The number of nitrogens with one attached hydrogen (secondary N) is 1. The number of carbonyl (C=O) groups is 1. The van der Waals surface area contributed by atoms with Gasteiger partial charge in [-0.3, -0.25) is 29.3 Å². The van der Waals surface area contributed by atoms with E-state index >= 15 is 0 Å². The minimum Gasteiger partial charge on any atom is -0.494 e. The lowest BCUT2D eigenvalue weighted by Crippen LogP contribution is -2.39. The van der Waals surface area contributed by atoms with Gasteiger partial charge in [-0.15, -0.1) is 0 Å². The minimum atomic E-state index is -4.72. The summed E-state index contributed by atoms with van der Waals surface area (Å²) in [5, 5.41) is 25.4. The Hall–Kier alpha value is -4.52. The van der Waals surface area contributed by atoms with E-state index in [0.717, 1.165) is 22.0 Å². The second kappa shape index (κ2) is 11.0. The molecule has 0 saturated carbocycles. The SMILES string of the molecule is CCOc1ccc(NC(=O)CN(c2cccc(C)c2C)S(=O)(=O)c2ccc([N+](=O)[O-])cc2[N+](=O)[O-])cc1. The molecule has 13 heteroatoms. The average Bonchev–Trinajstić information content (AvgIpc) is 2.85. The van der Waals surface area contributed by atoms with E-state index in [0.29, 0.717) is 29.7 Å². The van der Waals surface area contributed by atoms with Gasteiger partial charge >= 0.3 is 0 Å². The highest BCUT2D eigenvalue weighted by Crippen LogP contribution is 2.34. The molecule has 0 unspecified atom stereocenters. The van der Waals surface area contributed by atoms with E-state index in [1.807, 2.05) is 6.92 Å². The number of ether oxygens (including phenoxy) is 1. The predicted molar refractivity (Wildman–Crippen MR) is 136 cm³/mol. The molecule has 0 aromatic heterocycles. The fraction of sp³-hybridized carbons (Fsp3) is 0.208. The molecule has 0 atom stereocenters. The van der Waals surface area contributed by atoms with Crippen molar-refractivity contribution in [1.82, 2.24) is 0 Å².